The molecule has 1 unspecified atom stereocenters. The summed E-state index contributed by atoms with van der Waals surface area (Å²) in [7, 11) is -3.92. The van der Waals surface area contributed by atoms with E-state index in [9.17, 15) is 13.2 Å². The Morgan fingerprint density at radius 2 is 1.61 bits per heavy atom. The third-order valence-electron chi connectivity index (χ3n) is 5.55. The topological polar surface area (TPSA) is 93.5 Å². The molecular formula is C24H22N4O4S. The SMILES string of the molecule is O=C(Oc1ccccc1)C1CNCCN1c1nn(S(=O)(=O)c2ccccc2)c2ccccc12. The van der Waals surface area contributed by atoms with E-state index in [1.807, 2.05) is 23.1 Å². The largest absolute Gasteiger partial charge is 0.425 e. The van der Waals surface area contributed by atoms with Crippen molar-refractivity contribution in [1.29, 1.82) is 0 Å². The van der Waals surface area contributed by atoms with Crippen molar-refractivity contribution in [2.75, 3.05) is 24.5 Å². The maximum Gasteiger partial charge on any atom is 0.335 e. The molecular weight excluding hydrogens is 440 g/mol. The van der Waals surface area contributed by atoms with Gasteiger partial charge in [-0.3, -0.25) is 0 Å². The fourth-order valence-electron chi connectivity index (χ4n) is 3.95. The van der Waals surface area contributed by atoms with E-state index in [-0.39, 0.29) is 4.90 Å². The molecule has 4 aromatic rings. The standard InChI is InChI=1S/C24H22N4O4S/c29-24(32-18-9-3-1-4-10-18)22-17-25-15-16-27(22)23-20-13-7-8-14-21(20)28(26-23)33(30,31)19-11-5-2-6-12-19/h1-14,22,25H,15-17H2. The summed E-state index contributed by atoms with van der Waals surface area (Å²) in [5, 5.41) is 8.39. The number of piperazine rings is 1. The van der Waals surface area contributed by atoms with E-state index in [1.165, 1.54) is 12.1 Å². The average Bonchev–Trinajstić information content (AvgIpc) is 3.26. The first-order valence-electron chi connectivity index (χ1n) is 10.6. The number of fused-ring (bicyclic) bond motifs is 1. The van der Waals surface area contributed by atoms with Crippen molar-refractivity contribution in [3.05, 3.63) is 84.9 Å². The summed E-state index contributed by atoms with van der Waals surface area (Å²) in [6.45, 7) is 1.46. The number of nitrogens with zero attached hydrogens (tertiary/aromatic N) is 3. The van der Waals surface area contributed by atoms with Gasteiger partial charge in [0.25, 0.3) is 10.0 Å². The molecule has 0 bridgehead atoms. The highest BCUT2D eigenvalue weighted by molar-refractivity contribution is 7.90. The van der Waals surface area contributed by atoms with Gasteiger partial charge in [-0.15, -0.1) is 5.10 Å². The Balaban J connectivity index is 1.57. The number of benzene rings is 3. The van der Waals surface area contributed by atoms with Gasteiger partial charge in [0, 0.05) is 25.0 Å². The van der Waals surface area contributed by atoms with E-state index in [1.54, 1.807) is 54.6 Å². The Labute approximate surface area is 191 Å². The molecule has 0 amide bonds. The molecule has 2 heterocycles. The van der Waals surface area contributed by atoms with Crippen LogP contribution in [0.25, 0.3) is 10.9 Å². The third-order valence-corrected chi connectivity index (χ3v) is 7.16. The molecule has 8 nitrogen and oxygen atoms in total. The van der Waals surface area contributed by atoms with E-state index < -0.39 is 22.0 Å². The van der Waals surface area contributed by atoms with Gasteiger partial charge in [0.05, 0.1) is 10.4 Å². The molecule has 1 saturated heterocycles. The van der Waals surface area contributed by atoms with Gasteiger partial charge in [-0.25, -0.2) is 4.79 Å². The molecule has 0 saturated carbocycles. The highest BCUT2D eigenvalue weighted by Crippen LogP contribution is 2.31. The number of esters is 1. The first kappa shape index (κ1) is 21.2. The van der Waals surface area contributed by atoms with E-state index in [0.29, 0.717) is 42.1 Å². The Morgan fingerprint density at radius 1 is 0.939 bits per heavy atom. The quantitative estimate of drug-likeness (QED) is 0.360. The molecule has 1 N–H and O–H groups in total. The number of anilines is 1. The highest BCUT2D eigenvalue weighted by atomic mass is 32.2. The van der Waals surface area contributed by atoms with Gasteiger partial charge >= 0.3 is 5.97 Å². The zero-order valence-electron chi connectivity index (χ0n) is 17.7. The van der Waals surface area contributed by atoms with Crippen LogP contribution in [0.1, 0.15) is 0 Å². The highest BCUT2D eigenvalue weighted by Gasteiger charge is 2.34. The number of rotatable bonds is 5. The molecule has 9 heteroatoms. The summed E-state index contributed by atoms with van der Waals surface area (Å²) < 4.78 is 33.4. The predicted octanol–water partition coefficient (Wildman–Crippen LogP) is 2.66. The van der Waals surface area contributed by atoms with Gasteiger partial charge in [0.2, 0.25) is 0 Å². The molecule has 0 radical (unpaired) electrons. The fraction of sp³-hybridized carbons (Fsp3) is 0.167. The second-order valence-corrected chi connectivity index (χ2v) is 9.42. The lowest BCUT2D eigenvalue weighted by molar-refractivity contribution is -0.136. The molecule has 168 valence electrons. The number of para-hydroxylation sites is 2. The lowest BCUT2D eigenvalue weighted by Crippen LogP contribution is -2.56. The molecule has 1 aromatic heterocycles. The van der Waals surface area contributed by atoms with Crippen molar-refractivity contribution in [3.8, 4) is 5.75 Å². The van der Waals surface area contributed by atoms with Crippen molar-refractivity contribution in [2.24, 2.45) is 0 Å². The van der Waals surface area contributed by atoms with Gasteiger partial charge in [-0.1, -0.05) is 48.5 Å². The minimum Gasteiger partial charge on any atom is -0.425 e. The maximum atomic E-state index is 13.4. The van der Waals surface area contributed by atoms with Crippen LogP contribution in [0, 0.1) is 0 Å². The second-order valence-electron chi connectivity index (χ2n) is 7.65. The molecule has 0 spiro atoms. The van der Waals surface area contributed by atoms with Gasteiger partial charge in [0.15, 0.2) is 5.82 Å². The number of aromatic nitrogens is 2. The normalized spacial score (nSPS) is 16.6. The summed E-state index contributed by atoms with van der Waals surface area (Å²) in [4.78, 5) is 15.0. The average molecular weight is 463 g/mol. The number of hydrogen-bond acceptors (Lipinski definition) is 7. The van der Waals surface area contributed by atoms with Crippen molar-refractivity contribution in [3.63, 3.8) is 0 Å². The molecule has 0 aliphatic carbocycles. The molecule has 3 aromatic carbocycles. The fourth-order valence-corrected chi connectivity index (χ4v) is 5.26. The Hall–Kier alpha value is -3.69. The first-order valence-corrected chi connectivity index (χ1v) is 12.0. The minimum absolute atomic E-state index is 0.144. The van der Waals surface area contributed by atoms with Gasteiger partial charge in [-0.05, 0) is 36.4 Å². The van der Waals surface area contributed by atoms with Crippen LogP contribution in [0.3, 0.4) is 0 Å². The Kier molecular flexibility index (Phi) is 5.57. The van der Waals surface area contributed by atoms with E-state index >= 15 is 0 Å². The smallest absolute Gasteiger partial charge is 0.335 e. The molecule has 1 aliphatic rings. The van der Waals surface area contributed by atoms with Crippen molar-refractivity contribution >= 4 is 32.7 Å². The van der Waals surface area contributed by atoms with Crippen LogP contribution in [0.15, 0.2) is 89.8 Å². The summed E-state index contributed by atoms with van der Waals surface area (Å²) in [6.07, 6.45) is 0. The number of carbonyl (C=O) groups excluding carboxylic acids is 1. The molecule has 1 atom stereocenters. The lowest BCUT2D eigenvalue weighted by Gasteiger charge is -2.34. The molecule has 1 fully saturated rings. The predicted molar refractivity (Wildman–Crippen MR) is 125 cm³/mol. The van der Waals surface area contributed by atoms with Crippen molar-refractivity contribution < 1.29 is 17.9 Å². The number of nitrogens with one attached hydrogen (secondary N) is 1. The van der Waals surface area contributed by atoms with Crippen molar-refractivity contribution in [2.45, 2.75) is 10.9 Å². The number of ether oxygens (including phenoxy) is 1. The molecule has 33 heavy (non-hydrogen) atoms. The minimum atomic E-state index is -3.92. The summed E-state index contributed by atoms with van der Waals surface area (Å²) >= 11 is 0. The van der Waals surface area contributed by atoms with Crippen molar-refractivity contribution in [1.82, 2.24) is 14.5 Å². The summed E-state index contributed by atoms with van der Waals surface area (Å²) in [5.41, 5.74) is 0.449. The molecule has 5 rings (SSSR count). The van der Waals surface area contributed by atoms with Crippen LogP contribution in [0.2, 0.25) is 0 Å². The monoisotopic (exact) mass is 462 g/mol. The van der Waals surface area contributed by atoms with Gasteiger partial charge in [-0.2, -0.15) is 12.5 Å². The van der Waals surface area contributed by atoms with E-state index in [4.69, 9.17) is 4.74 Å². The van der Waals surface area contributed by atoms with Crippen LogP contribution in [0.4, 0.5) is 5.82 Å². The van der Waals surface area contributed by atoms with Crippen LogP contribution < -0.4 is 15.0 Å². The van der Waals surface area contributed by atoms with Gasteiger partial charge < -0.3 is 15.0 Å². The molecule has 1 aliphatic heterocycles. The van der Waals surface area contributed by atoms with Gasteiger partial charge in [0.1, 0.15) is 11.8 Å². The maximum absolute atomic E-state index is 13.4. The summed E-state index contributed by atoms with van der Waals surface area (Å²) in [5.74, 6) is 0.453. The Bertz CT molecular complexity index is 1390. The second kappa shape index (κ2) is 8.68. The lowest BCUT2D eigenvalue weighted by atomic mass is 10.1. The van der Waals surface area contributed by atoms with E-state index in [2.05, 4.69) is 10.4 Å². The zero-order chi connectivity index (χ0) is 22.8. The van der Waals surface area contributed by atoms with E-state index in [0.717, 1.165) is 4.09 Å². The first-order chi connectivity index (χ1) is 16.1. The van der Waals surface area contributed by atoms with Crippen LogP contribution in [0.5, 0.6) is 5.75 Å². The van der Waals surface area contributed by atoms with Crippen LogP contribution in [-0.4, -0.2) is 49.2 Å². The van der Waals surface area contributed by atoms with Crippen LogP contribution in [-0.2, 0) is 14.8 Å². The number of carbonyl (C=O) groups is 1. The Morgan fingerprint density at radius 3 is 2.36 bits per heavy atom. The zero-order valence-corrected chi connectivity index (χ0v) is 18.5. The number of hydrogen-bond donors (Lipinski definition) is 1. The summed E-state index contributed by atoms with van der Waals surface area (Å²) in [6, 6.07) is 23.5. The third kappa shape index (κ3) is 3.96. The van der Waals surface area contributed by atoms with Crippen LogP contribution >= 0.6 is 0 Å².